The minimum Gasteiger partial charge on any atom is -0.354 e. The summed E-state index contributed by atoms with van der Waals surface area (Å²) in [7, 11) is 1.66. The van der Waals surface area contributed by atoms with Crippen LogP contribution in [0.25, 0.3) is 33.2 Å². The number of anilines is 1. The Morgan fingerprint density at radius 1 is 0.944 bits per heavy atom. The summed E-state index contributed by atoms with van der Waals surface area (Å²) < 4.78 is 15.0. The molecule has 0 aliphatic heterocycles. The Balaban J connectivity index is 1.46. The maximum atomic E-state index is 13.6. The zero-order chi connectivity index (χ0) is 25.1. The van der Waals surface area contributed by atoms with Crippen LogP contribution in [0.4, 0.5) is 10.3 Å². The van der Waals surface area contributed by atoms with Crippen molar-refractivity contribution in [2.75, 3.05) is 11.9 Å². The second-order valence-electron chi connectivity index (χ2n) is 8.75. The Hall–Kier alpha value is -4.36. The van der Waals surface area contributed by atoms with Gasteiger partial charge in [-0.25, -0.2) is 9.37 Å². The summed E-state index contributed by atoms with van der Waals surface area (Å²) in [5, 5.41) is 5.63. The van der Waals surface area contributed by atoms with E-state index in [0.29, 0.717) is 35.7 Å². The Morgan fingerprint density at radius 3 is 2.44 bits per heavy atom. The fourth-order valence-electron chi connectivity index (χ4n) is 4.40. The number of nitrogens with zero attached hydrogens (tertiary/aromatic N) is 3. The van der Waals surface area contributed by atoms with Crippen LogP contribution in [0, 0.1) is 5.82 Å². The van der Waals surface area contributed by atoms with Crippen LogP contribution in [-0.2, 0) is 13.5 Å². The van der Waals surface area contributed by atoms with Gasteiger partial charge in [0, 0.05) is 37.6 Å². The van der Waals surface area contributed by atoms with Crippen molar-refractivity contribution >= 4 is 16.7 Å². The molecule has 0 radical (unpaired) electrons. The third kappa shape index (κ3) is 4.74. The maximum absolute atomic E-state index is 13.6. The number of fused-ring (bicyclic) bond motifs is 1. The van der Waals surface area contributed by atoms with Crippen molar-refractivity contribution in [1.29, 1.82) is 0 Å². The number of hydrogen-bond acceptors (Lipinski definition) is 5. The second kappa shape index (κ2) is 10.1. The van der Waals surface area contributed by atoms with Crippen molar-refractivity contribution in [2.45, 2.75) is 12.5 Å². The number of halogens is 1. The molecule has 0 fully saturated rings. The summed E-state index contributed by atoms with van der Waals surface area (Å²) in [6.45, 7) is 0.426. The van der Waals surface area contributed by atoms with E-state index >= 15 is 0 Å². The van der Waals surface area contributed by atoms with E-state index < -0.39 is 0 Å². The Kier molecular flexibility index (Phi) is 6.56. The van der Waals surface area contributed by atoms with Crippen LogP contribution in [0.15, 0.2) is 96.1 Å². The topological polar surface area (TPSA) is 85.8 Å². The van der Waals surface area contributed by atoms with Gasteiger partial charge >= 0.3 is 0 Å². The molecule has 2 aromatic heterocycles. The van der Waals surface area contributed by atoms with Crippen LogP contribution < -0.4 is 16.6 Å². The van der Waals surface area contributed by atoms with Gasteiger partial charge < -0.3 is 11.1 Å². The number of rotatable bonds is 7. The molecular weight excluding hydrogens is 453 g/mol. The van der Waals surface area contributed by atoms with E-state index in [1.165, 1.54) is 33.0 Å². The first-order valence-corrected chi connectivity index (χ1v) is 11.7. The van der Waals surface area contributed by atoms with Crippen molar-refractivity contribution in [3.63, 3.8) is 0 Å². The molecule has 0 bridgehead atoms. The second-order valence-corrected chi connectivity index (χ2v) is 8.75. The molecular formula is C29H26FN5O. The number of pyridine rings is 1. The van der Waals surface area contributed by atoms with Crippen LogP contribution in [0.2, 0.25) is 0 Å². The number of aromatic nitrogens is 3. The molecule has 0 aliphatic rings. The van der Waals surface area contributed by atoms with Crippen molar-refractivity contribution in [3.8, 4) is 22.4 Å². The molecule has 5 aromatic rings. The normalized spacial score (nSPS) is 12.0. The van der Waals surface area contributed by atoms with Crippen LogP contribution in [0.3, 0.4) is 0 Å². The molecule has 36 heavy (non-hydrogen) atoms. The number of nitrogens with two attached hydrogens (primary N) is 1. The highest BCUT2D eigenvalue weighted by Crippen LogP contribution is 2.29. The largest absolute Gasteiger partial charge is 0.354 e. The van der Waals surface area contributed by atoms with Gasteiger partial charge in [0.25, 0.3) is 5.56 Å². The van der Waals surface area contributed by atoms with Gasteiger partial charge in [-0.15, -0.1) is 0 Å². The zero-order valence-corrected chi connectivity index (χ0v) is 19.9. The van der Waals surface area contributed by atoms with E-state index in [0.717, 1.165) is 5.56 Å². The van der Waals surface area contributed by atoms with Crippen LogP contribution in [-0.4, -0.2) is 27.1 Å². The van der Waals surface area contributed by atoms with Gasteiger partial charge in [0.15, 0.2) is 0 Å². The van der Waals surface area contributed by atoms with Crippen molar-refractivity contribution < 1.29 is 4.39 Å². The van der Waals surface area contributed by atoms with E-state index in [-0.39, 0.29) is 17.4 Å². The van der Waals surface area contributed by atoms with Gasteiger partial charge in [-0.1, -0.05) is 54.6 Å². The van der Waals surface area contributed by atoms with Gasteiger partial charge in [-0.2, -0.15) is 0 Å². The van der Waals surface area contributed by atoms with Crippen LogP contribution >= 0.6 is 0 Å². The average Bonchev–Trinajstić information content (AvgIpc) is 2.91. The number of hydrogen-bond donors (Lipinski definition) is 2. The molecule has 180 valence electrons. The van der Waals surface area contributed by atoms with Gasteiger partial charge in [0.05, 0.1) is 11.3 Å². The van der Waals surface area contributed by atoms with Gasteiger partial charge in [-0.3, -0.25) is 14.3 Å². The highest BCUT2D eigenvalue weighted by Gasteiger charge is 2.19. The first kappa shape index (κ1) is 23.4. The molecule has 0 spiro atoms. The molecule has 3 N–H and O–H groups in total. The standard InChI is InChI=1S/C29H26FN5O/c1-35-28(36)26(20-9-11-23(30)12-10-20)27(21-13-15-32-16-14-21)34-29(35)33-18-24(31)17-22-7-4-6-19-5-2-3-8-25(19)22/h2-16,24H,17-18,31H2,1H3,(H,33,34)/t24-/m0/s1. The quantitative estimate of drug-likeness (QED) is 0.351. The van der Waals surface area contributed by atoms with Crippen LogP contribution in [0.5, 0.6) is 0 Å². The maximum Gasteiger partial charge on any atom is 0.263 e. The first-order valence-electron chi connectivity index (χ1n) is 11.7. The fraction of sp³-hybridized carbons (Fsp3) is 0.138. The lowest BCUT2D eigenvalue weighted by molar-refractivity contribution is 0.628. The molecule has 3 aromatic carbocycles. The van der Waals surface area contributed by atoms with E-state index in [1.807, 2.05) is 18.2 Å². The summed E-state index contributed by atoms with van der Waals surface area (Å²) in [6, 6.07) is 23.7. The summed E-state index contributed by atoms with van der Waals surface area (Å²) in [6.07, 6.45) is 3.97. The van der Waals surface area contributed by atoms with Crippen LogP contribution in [0.1, 0.15) is 5.56 Å². The van der Waals surface area contributed by atoms with Crippen molar-refractivity contribution in [2.24, 2.45) is 12.8 Å². The molecule has 7 heteroatoms. The average molecular weight is 480 g/mol. The SMILES string of the molecule is Cn1c(NC[C@@H](N)Cc2cccc3ccccc23)nc(-c2ccncc2)c(-c2ccc(F)cc2)c1=O. The molecule has 0 aliphatic carbocycles. The van der Waals surface area contributed by atoms with Gasteiger partial charge in [-0.05, 0) is 52.6 Å². The predicted octanol–water partition coefficient (Wildman–Crippen LogP) is 4.78. The molecule has 0 amide bonds. The molecule has 5 rings (SSSR count). The summed E-state index contributed by atoms with van der Waals surface area (Å²) in [5.41, 5.74) is 9.66. The summed E-state index contributed by atoms with van der Waals surface area (Å²) in [5.74, 6) is 0.0403. The molecule has 0 unspecified atom stereocenters. The molecule has 1 atom stereocenters. The lowest BCUT2D eigenvalue weighted by Gasteiger charge is -2.18. The van der Waals surface area contributed by atoms with E-state index in [9.17, 15) is 9.18 Å². The Labute approximate surface area is 208 Å². The lowest BCUT2D eigenvalue weighted by Crippen LogP contribution is -2.34. The van der Waals surface area contributed by atoms with Gasteiger partial charge in [0.2, 0.25) is 5.95 Å². The van der Waals surface area contributed by atoms with Gasteiger partial charge in [0.1, 0.15) is 5.82 Å². The number of benzene rings is 3. The molecule has 2 heterocycles. The van der Waals surface area contributed by atoms with E-state index in [4.69, 9.17) is 10.7 Å². The monoisotopic (exact) mass is 479 g/mol. The third-order valence-corrected chi connectivity index (χ3v) is 6.26. The molecule has 6 nitrogen and oxygen atoms in total. The van der Waals surface area contributed by atoms with Crippen molar-refractivity contribution in [1.82, 2.24) is 14.5 Å². The minimum atomic E-state index is -0.368. The van der Waals surface area contributed by atoms with E-state index in [2.05, 4.69) is 34.6 Å². The highest BCUT2D eigenvalue weighted by atomic mass is 19.1. The summed E-state index contributed by atoms with van der Waals surface area (Å²) >= 11 is 0. The fourth-order valence-corrected chi connectivity index (χ4v) is 4.40. The predicted molar refractivity (Wildman–Crippen MR) is 142 cm³/mol. The van der Waals surface area contributed by atoms with Crippen molar-refractivity contribution in [3.05, 3.63) is 113 Å². The highest BCUT2D eigenvalue weighted by molar-refractivity contribution is 5.85. The lowest BCUT2D eigenvalue weighted by atomic mass is 9.99. The van der Waals surface area contributed by atoms with E-state index in [1.54, 1.807) is 43.7 Å². The Bertz CT molecular complexity index is 1560. The first-order chi connectivity index (χ1) is 17.5. The molecule has 0 saturated carbocycles. The summed E-state index contributed by atoms with van der Waals surface area (Å²) in [4.78, 5) is 22.4. The Morgan fingerprint density at radius 2 is 1.67 bits per heavy atom. The number of nitrogens with one attached hydrogen (secondary N) is 1. The third-order valence-electron chi connectivity index (χ3n) is 6.26. The minimum absolute atomic E-state index is 0.200. The zero-order valence-electron chi connectivity index (χ0n) is 19.9. The molecule has 0 saturated heterocycles. The smallest absolute Gasteiger partial charge is 0.263 e.